The van der Waals surface area contributed by atoms with E-state index < -0.39 is 5.97 Å². The van der Waals surface area contributed by atoms with Gasteiger partial charge in [0, 0.05) is 5.39 Å². The third kappa shape index (κ3) is 1.63. The van der Waals surface area contributed by atoms with Gasteiger partial charge in [0.15, 0.2) is 16.5 Å². The number of anilines is 1. The number of rotatable bonds is 2. The predicted molar refractivity (Wildman–Crippen MR) is 68.7 cm³/mol. The van der Waals surface area contributed by atoms with Crippen molar-refractivity contribution < 1.29 is 14.3 Å². The number of hydrogen-bond donors (Lipinski definition) is 2. The summed E-state index contributed by atoms with van der Waals surface area (Å²) in [7, 11) is 0. The Morgan fingerprint density at radius 1 is 1.39 bits per heavy atom. The Bertz CT molecular complexity index is 712. The number of carboxylic acid groups (broad SMARTS) is 1. The number of thiazole rings is 1. The van der Waals surface area contributed by atoms with E-state index in [1.807, 2.05) is 30.3 Å². The number of para-hydroxylation sites is 1. The second-order valence-electron chi connectivity index (χ2n) is 3.69. The van der Waals surface area contributed by atoms with Crippen molar-refractivity contribution in [3.8, 4) is 10.8 Å². The topological polar surface area (TPSA) is 89.4 Å². The third-order valence-electron chi connectivity index (χ3n) is 2.49. The highest BCUT2D eigenvalue weighted by molar-refractivity contribution is 7.19. The zero-order valence-electron chi connectivity index (χ0n) is 9.08. The highest BCUT2D eigenvalue weighted by Crippen LogP contribution is 2.33. The van der Waals surface area contributed by atoms with E-state index in [4.69, 9.17) is 15.3 Å². The molecule has 3 rings (SSSR count). The van der Waals surface area contributed by atoms with Gasteiger partial charge < -0.3 is 15.3 Å². The van der Waals surface area contributed by atoms with Gasteiger partial charge in [-0.2, -0.15) is 0 Å². The van der Waals surface area contributed by atoms with Crippen LogP contribution in [0.4, 0.5) is 5.00 Å². The number of furan rings is 1. The molecule has 0 saturated carbocycles. The van der Waals surface area contributed by atoms with Crippen molar-refractivity contribution in [2.75, 3.05) is 5.73 Å². The van der Waals surface area contributed by atoms with E-state index in [1.54, 1.807) is 0 Å². The molecule has 90 valence electrons. The van der Waals surface area contributed by atoms with Crippen LogP contribution in [0.1, 0.15) is 10.5 Å². The Morgan fingerprint density at radius 2 is 2.17 bits per heavy atom. The first-order chi connectivity index (χ1) is 8.65. The summed E-state index contributed by atoms with van der Waals surface area (Å²) in [5.41, 5.74) is 6.21. The molecule has 0 aliphatic heterocycles. The lowest BCUT2D eigenvalue weighted by Crippen LogP contribution is -2.00. The van der Waals surface area contributed by atoms with E-state index in [-0.39, 0.29) is 10.7 Å². The maximum atomic E-state index is 10.9. The third-order valence-corrected chi connectivity index (χ3v) is 3.39. The Labute approximate surface area is 105 Å². The summed E-state index contributed by atoms with van der Waals surface area (Å²) in [6.45, 7) is 0. The van der Waals surface area contributed by atoms with Gasteiger partial charge in [0.1, 0.15) is 10.6 Å². The van der Waals surface area contributed by atoms with Crippen LogP contribution in [-0.4, -0.2) is 16.1 Å². The van der Waals surface area contributed by atoms with Crippen LogP contribution in [0.25, 0.3) is 21.7 Å². The molecule has 0 unspecified atom stereocenters. The van der Waals surface area contributed by atoms with Crippen LogP contribution < -0.4 is 5.73 Å². The number of benzene rings is 1. The minimum Gasteiger partial charge on any atom is -0.476 e. The molecule has 3 aromatic rings. The van der Waals surface area contributed by atoms with E-state index in [0.717, 1.165) is 22.3 Å². The quantitative estimate of drug-likeness (QED) is 0.739. The fraction of sp³-hybridized carbons (Fsp3) is 0. The number of carbonyl (C=O) groups is 1. The number of aromatic carboxylic acids is 1. The van der Waals surface area contributed by atoms with Gasteiger partial charge in [-0.1, -0.05) is 29.5 Å². The van der Waals surface area contributed by atoms with Crippen molar-refractivity contribution in [3.05, 3.63) is 36.0 Å². The monoisotopic (exact) mass is 260 g/mol. The summed E-state index contributed by atoms with van der Waals surface area (Å²) in [6.07, 6.45) is 0. The summed E-state index contributed by atoms with van der Waals surface area (Å²) in [6, 6.07) is 9.35. The van der Waals surface area contributed by atoms with Gasteiger partial charge >= 0.3 is 5.97 Å². The van der Waals surface area contributed by atoms with Gasteiger partial charge in [-0.05, 0) is 12.1 Å². The molecule has 0 spiro atoms. The lowest BCUT2D eigenvalue weighted by atomic mass is 10.2. The van der Waals surface area contributed by atoms with Crippen molar-refractivity contribution >= 4 is 33.3 Å². The van der Waals surface area contributed by atoms with Gasteiger partial charge in [-0.3, -0.25) is 0 Å². The van der Waals surface area contributed by atoms with Crippen molar-refractivity contribution in [3.63, 3.8) is 0 Å². The maximum absolute atomic E-state index is 10.9. The largest absolute Gasteiger partial charge is 0.476 e. The van der Waals surface area contributed by atoms with E-state index in [1.165, 1.54) is 0 Å². The molecule has 2 heterocycles. The number of nitrogens with zero attached hydrogens (tertiary/aromatic N) is 1. The van der Waals surface area contributed by atoms with Crippen molar-refractivity contribution in [2.24, 2.45) is 0 Å². The first-order valence-electron chi connectivity index (χ1n) is 5.13. The highest BCUT2D eigenvalue weighted by Gasteiger charge is 2.18. The van der Waals surface area contributed by atoms with Crippen LogP contribution in [0.5, 0.6) is 0 Å². The maximum Gasteiger partial charge on any atom is 0.357 e. The molecule has 0 radical (unpaired) electrons. The number of carboxylic acids is 1. The Morgan fingerprint density at radius 3 is 2.83 bits per heavy atom. The van der Waals surface area contributed by atoms with Crippen LogP contribution in [-0.2, 0) is 0 Å². The predicted octanol–water partition coefficient (Wildman–Crippen LogP) is 2.84. The standard InChI is InChI=1S/C12H8N2O3S/c13-10-9(12(15)16)14-11(18-10)8-5-6-3-1-2-4-7(6)17-8/h1-5H,13H2,(H,15,16). The van der Waals surface area contributed by atoms with Crippen molar-refractivity contribution in [1.82, 2.24) is 4.98 Å². The van der Waals surface area contributed by atoms with Gasteiger partial charge in [0.25, 0.3) is 0 Å². The SMILES string of the molecule is Nc1sc(-c2cc3ccccc3o2)nc1C(=O)O. The summed E-state index contributed by atoms with van der Waals surface area (Å²) in [5.74, 6) is -0.605. The molecular formula is C12H8N2O3S. The minimum absolute atomic E-state index is 0.129. The van der Waals surface area contributed by atoms with Crippen LogP contribution >= 0.6 is 11.3 Å². The molecule has 2 aromatic heterocycles. The van der Waals surface area contributed by atoms with E-state index in [2.05, 4.69) is 4.98 Å². The molecular weight excluding hydrogens is 252 g/mol. The molecule has 1 aromatic carbocycles. The molecule has 5 nitrogen and oxygen atoms in total. The minimum atomic E-state index is -1.13. The summed E-state index contributed by atoms with van der Waals surface area (Å²) >= 11 is 1.10. The molecule has 6 heteroatoms. The molecule has 0 bridgehead atoms. The van der Waals surface area contributed by atoms with E-state index in [0.29, 0.717) is 10.8 Å². The number of aromatic nitrogens is 1. The highest BCUT2D eigenvalue weighted by atomic mass is 32.1. The first kappa shape index (κ1) is 10.8. The fourth-order valence-electron chi connectivity index (χ4n) is 1.68. The van der Waals surface area contributed by atoms with Gasteiger partial charge in [0.05, 0.1) is 0 Å². The molecule has 0 fully saturated rings. The van der Waals surface area contributed by atoms with Crippen LogP contribution in [0.2, 0.25) is 0 Å². The van der Waals surface area contributed by atoms with Crippen molar-refractivity contribution in [2.45, 2.75) is 0 Å². The molecule has 0 aliphatic carbocycles. The molecule has 0 amide bonds. The zero-order valence-corrected chi connectivity index (χ0v) is 9.90. The number of fused-ring (bicyclic) bond motifs is 1. The van der Waals surface area contributed by atoms with Crippen LogP contribution in [0.15, 0.2) is 34.7 Å². The van der Waals surface area contributed by atoms with Gasteiger partial charge in [0.2, 0.25) is 0 Å². The second kappa shape index (κ2) is 3.85. The lowest BCUT2D eigenvalue weighted by molar-refractivity contribution is 0.0692. The van der Waals surface area contributed by atoms with E-state index >= 15 is 0 Å². The van der Waals surface area contributed by atoms with Crippen LogP contribution in [0.3, 0.4) is 0 Å². The molecule has 0 saturated heterocycles. The number of nitrogen functional groups attached to an aromatic ring is 1. The fourth-order valence-corrected chi connectivity index (χ4v) is 2.45. The number of nitrogens with two attached hydrogens (primary N) is 1. The average molecular weight is 260 g/mol. The van der Waals surface area contributed by atoms with Crippen molar-refractivity contribution in [1.29, 1.82) is 0 Å². The molecule has 0 aliphatic rings. The average Bonchev–Trinajstić information content (AvgIpc) is 2.91. The zero-order chi connectivity index (χ0) is 12.7. The molecule has 18 heavy (non-hydrogen) atoms. The van der Waals surface area contributed by atoms with Crippen LogP contribution in [0, 0.1) is 0 Å². The Balaban J connectivity index is 2.14. The van der Waals surface area contributed by atoms with E-state index in [9.17, 15) is 4.79 Å². The molecule has 0 atom stereocenters. The molecule has 3 N–H and O–H groups in total. The Kier molecular flexibility index (Phi) is 2.31. The van der Waals surface area contributed by atoms with Gasteiger partial charge in [-0.15, -0.1) is 0 Å². The normalized spacial score (nSPS) is 10.9. The second-order valence-corrected chi connectivity index (χ2v) is 4.72. The first-order valence-corrected chi connectivity index (χ1v) is 5.95. The lowest BCUT2D eigenvalue weighted by Gasteiger charge is -1.86. The summed E-state index contributed by atoms with van der Waals surface area (Å²) in [5, 5.41) is 10.5. The smallest absolute Gasteiger partial charge is 0.357 e. The Hall–Kier alpha value is -2.34. The number of hydrogen-bond acceptors (Lipinski definition) is 5. The summed E-state index contributed by atoms with van der Waals surface area (Å²) in [4.78, 5) is 14.8. The van der Waals surface area contributed by atoms with Gasteiger partial charge in [-0.25, -0.2) is 9.78 Å². The summed E-state index contributed by atoms with van der Waals surface area (Å²) < 4.78 is 5.60.